The second kappa shape index (κ2) is 5.88. The fourth-order valence-electron chi connectivity index (χ4n) is 3.54. The summed E-state index contributed by atoms with van der Waals surface area (Å²) in [6.45, 7) is 1.93. The zero-order valence-electron chi connectivity index (χ0n) is 14.1. The zero-order chi connectivity index (χ0) is 17.7. The Kier molecular flexibility index (Phi) is 3.50. The molecule has 5 nitrogen and oxygen atoms in total. The molecule has 0 saturated carbocycles. The largest absolute Gasteiger partial charge is 0.464 e. The van der Waals surface area contributed by atoms with E-state index in [1.807, 2.05) is 54.4 Å². The summed E-state index contributed by atoms with van der Waals surface area (Å²) in [6, 6.07) is 13.6. The summed E-state index contributed by atoms with van der Waals surface area (Å²) in [5.41, 5.74) is 2.97. The maximum atomic E-state index is 6.28. The average Bonchev–Trinajstić information content (AvgIpc) is 3.28. The van der Waals surface area contributed by atoms with E-state index in [1.54, 1.807) is 12.4 Å². The summed E-state index contributed by atoms with van der Waals surface area (Å²) in [5.74, 6) is 2.51. The van der Waals surface area contributed by atoms with Crippen LogP contribution in [0.15, 0.2) is 64.4 Å². The first-order valence-corrected chi connectivity index (χ1v) is 8.85. The van der Waals surface area contributed by atoms with Crippen LogP contribution in [0, 0.1) is 6.92 Å². The maximum Gasteiger partial charge on any atom is 0.213 e. The van der Waals surface area contributed by atoms with E-state index in [4.69, 9.17) is 25.9 Å². The molecule has 1 aromatic carbocycles. The summed E-state index contributed by atoms with van der Waals surface area (Å²) < 4.78 is 12.1. The molecule has 3 aromatic rings. The molecule has 0 bridgehead atoms. The minimum Gasteiger partial charge on any atom is -0.464 e. The number of ether oxygens (including phenoxy) is 1. The molecule has 0 radical (unpaired) electrons. The van der Waals surface area contributed by atoms with E-state index in [0.29, 0.717) is 5.02 Å². The number of furan rings is 1. The van der Waals surface area contributed by atoms with Crippen LogP contribution >= 0.6 is 11.6 Å². The number of fused-ring (bicyclic) bond motifs is 3. The predicted molar refractivity (Wildman–Crippen MR) is 98.2 cm³/mol. The van der Waals surface area contributed by atoms with Gasteiger partial charge in [0.05, 0.1) is 6.04 Å². The highest BCUT2D eigenvalue weighted by atomic mass is 35.5. The number of pyridine rings is 1. The molecule has 6 heteroatoms. The van der Waals surface area contributed by atoms with E-state index in [0.717, 1.165) is 40.5 Å². The van der Waals surface area contributed by atoms with Crippen LogP contribution < -0.4 is 4.74 Å². The van der Waals surface area contributed by atoms with Crippen molar-refractivity contribution >= 4 is 17.3 Å². The molecule has 0 amide bonds. The lowest BCUT2D eigenvalue weighted by Gasteiger charge is -2.38. The number of rotatable bonds is 2. The summed E-state index contributed by atoms with van der Waals surface area (Å²) >= 11 is 6.24. The molecule has 2 aromatic heterocycles. The smallest absolute Gasteiger partial charge is 0.213 e. The number of nitrogens with zero attached hydrogens (tertiary/aromatic N) is 3. The van der Waals surface area contributed by atoms with Gasteiger partial charge in [-0.2, -0.15) is 5.10 Å². The number of halogens is 1. The molecule has 4 heterocycles. The van der Waals surface area contributed by atoms with Crippen LogP contribution in [0.4, 0.5) is 0 Å². The van der Waals surface area contributed by atoms with Gasteiger partial charge in [-0.15, -0.1) is 0 Å². The maximum absolute atomic E-state index is 6.28. The van der Waals surface area contributed by atoms with Gasteiger partial charge in [0, 0.05) is 35.0 Å². The third-order valence-corrected chi connectivity index (χ3v) is 5.00. The van der Waals surface area contributed by atoms with Crippen LogP contribution in [0.2, 0.25) is 5.02 Å². The molecule has 0 saturated heterocycles. The molecule has 130 valence electrons. The monoisotopic (exact) mass is 365 g/mol. The fourth-order valence-corrected chi connectivity index (χ4v) is 3.73. The molecule has 0 aliphatic carbocycles. The molecule has 0 spiro atoms. The highest BCUT2D eigenvalue weighted by Gasteiger charge is 2.41. The number of benzene rings is 1. The van der Waals surface area contributed by atoms with E-state index in [-0.39, 0.29) is 12.3 Å². The van der Waals surface area contributed by atoms with Crippen molar-refractivity contribution in [3.63, 3.8) is 0 Å². The molecule has 0 unspecified atom stereocenters. The van der Waals surface area contributed by atoms with Gasteiger partial charge in [0.1, 0.15) is 23.0 Å². The van der Waals surface area contributed by atoms with Gasteiger partial charge in [-0.3, -0.25) is 4.98 Å². The van der Waals surface area contributed by atoms with Gasteiger partial charge in [-0.05, 0) is 49.4 Å². The van der Waals surface area contributed by atoms with Crippen molar-refractivity contribution in [1.29, 1.82) is 0 Å². The molecule has 2 aliphatic rings. The highest BCUT2D eigenvalue weighted by Crippen LogP contribution is 2.48. The lowest BCUT2D eigenvalue weighted by atomic mass is 9.97. The highest BCUT2D eigenvalue weighted by molar-refractivity contribution is 6.30. The zero-order valence-corrected chi connectivity index (χ0v) is 14.8. The predicted octanol–water partition coefficient (Wildman–Crippen LogP) is 4.88. The van der Waals surface area contributed by atoms with E-state index in [9.17, 15) is 0 Å². The Morgan fingerprint density at radius 2 is 1.96 bits per heavy atom. The minimum atomic E-state index is -0.315. The first kappa shape index (κ1) is 15.5. The van der Waals surface area contributed by atoms with Crippen molar-refractivity contribution in [1.82, 2.24) is 9.99 Å². The molecule has 2 aliphatic heterocycles. The van der Waals surface area contributed by atoms with Gasteiger partial charge in [-0.1, -0.05) is 11.6 Å². The van der Waals surface area contributed by atoms with E-state index in [2.05, 4.69) is 4.98 Å². The number of hydrazone groups is 1. The molecule has 26 heavy (non-hydrogen) atoms. The van der Waals surface area contributed by atoms with Gasteiger partial charge in [0.2, 0.25) is 6.23 Å². The quantitative estimate of drug-likeness (QED) is 0.649. The van der Waals surface area contributed by atoms with Crippen molar-refractivity contribution in [2.45, 2.75) is 25.6 Å². The van der Waals surface area contributed by atoms with Crippen LogP contribution in [0.25, 0.3) is 0 Å². The van der Waals surface area contributed by atoms with Crippen LogP contribution in [0.1, 0.15) is 41.3 Å². The lowest BCUT2D eigenvalue weighted by Crippen LogP contribution is -2.33. The fraction of sp³-hybridized carbons (Fsp3) is 0.200. The van der Waals surface area contributed by atoms with Gasteiger partial charge < -0.3 is 9.15 Å². The van der Waals surface area contributed by atoms with Crippen molar-refractivity contribution < 1.29 is 9.15 Å². The van der Waals surface area contributed by atoms with E-state index in [1.165, 1.54) is 0 Å². The van der Waals surface area contributed by atoms with Gasteiger partial charge in [-0.25, -0.2) is 5.01 Å². The summed E-state index contributed by atoms with van der Waals surface area (Å²) in [5, 5.41) is 7.54. The van der Waals surface area contributed by atoms with Gasteiger partial charge in [0.25, 0.3) is 0 Å². The minimum absolute atomic E-state index is 0.0519. The number of hydrogen-bond donors (Lipinski definition) is 0. The van der Waals surface area contributed by atoms with Crippen molar-refractivity contribution in [2.24, 2.45) is 5.10 Å². The molecular weight excluding hydrogens is 350 g/mol. The van der Waals surface area contributed by atoms with Crippen LogP contribution in [-0.4, -0.2) is 15.7 Å². The first-order valence-electron chi connectivity index (χ1n) is 8.48. The summed E-state index contributed by atoms with van der Waals surface area (Å²) in [7, 11) is 0. The lowest BCUT2D eigenvalue weighted by molar-refractivity contribution is -0.0190. The first-order chi connectivity index (χ1) is 12.7. The Morgan fingerprint density at radius 3 is 2.73 bits per heavy atom. The number of hydrogen-bond acceptors (Lipinski definition) is 5. The Morgan fingerprint density at radius 1 is 1.12 bits per heavy atom. The summed E-state index contributed by atoms with van der Waals surface area (Å²) in [6.07, 6.45) is 3.96. The second-order valence-corrected chi connectivity index (χ2v) is 6.93. The van der Waals surface area contributed by atoms with Crippen LogP contribution in [-0.2, 0) is 0 Å². The molecule has 2 atom stereocenters. The van der Waals surface area contributed by atoms with Crippen molar-refractivity contribution in [3.8, 4) is 5.75 Å². The SMILES string of the molecule is Cc1ccc(C2=NN3[C@@H](c4ccncc4)Oc4ccc(Cl)cc4[C@@H]3C2)o1. The Hall–Kier alpha value is -2.79. The Balaban J connectivity index is 1.61. The Labute approximate surface area is 155 Å². The van der Waals surface area contributed by atoms with Crippen LogP contribution in [0.3, 0.4) is 0 Å². The third-order valence-electron chi connectivity index (χ3n) is 4.77. The topological polar surface area (TPSA) is 50.9 Å². The van der Waals surface area contributed by atoms with Gasteiger partial charge in [0.15, 0.2) is 0 Å². The van der Waals surface area contributed by atoms with Crippen molar-refractivity contribution in [3.05, 3.63) is 82.5 Å². The number of aryl methyl sites for hydroxylation is 1. The molecule has 0 fully saturated rings. The van der Waals surface area contributed by atoms with Crippen LogP contribution in [0.5, 0.6) is 5.75 Å². The molecular formula is C20H16ClN3O2. The second-order valence-electron chi connectivity index (χ2n) is 6.49. The molecule has 0 N–H and O–H groups in total. The summed E-state index contributed by atoms with van der Waals surface area (Å²) in [4.78, 5) is 4.10. The normalized spacial score (nSPS) is 21.0. The van der Waals surface area contributed by atoms with E-state index < -0.39 is 0 Å². The average molecular weight is 366 g/mol. The standard InChI is InChI=1S/C20H16ClN3O2/c1-12-2-4-19(25-12)16-11-17-15-10-14(21)3-5-18(15)26-20(24(17)23-16)13-6-8-22-9-7-13/h2-10,17,20H,11H2,1H3/t17-,20+/m0/s1. The van der Waals surface area contributed by atoms with E-state index >= 15 is 0 Å². The molecule has 5 rings (SSSR count). The number of aromatic nitrogens is 1. The Bertz CT molecular complexity index is 999. The van der Waals surface area contributed by atoms with Crippen molar-refractivity contribution in [2.75, 3.05) is 0 Å². The third kappa shape index (κ3) is 2.47. The van der Waals surface area contributed by atoms with Gasteiger partial charge >= 0.3 is 0 Å².